The van der Waals surface area contributed by atoms with Crippen LogP contribution in [0.5, 0.6) is 11.5 Å². The van der Waals surface area contributed by atoms with Crippen LogP contribution in [0.2, 0.25) is 0 Å². The van der Waals surface area contributed by atoms with Gasteiger partial charge in [-0.15, -0.1) is 29.7 Å². The van der Waals surface area contributed by atoms with Crippen LogP contribution in [0.15, 0.2) is 285 Å². The van der Waals surface area contributed by atoms with Crippen molar-refractivity contribution in [2.45, 2.75) is 78.6 Å². The van der Waals surface area contributed by atoms with Crippen molar-refractivity contribution >= 4 is 61.7 Å². The van der Waals surface area contributed by atoms with Gasteiger partial charge in [0.1, 0.15) is 5.82 Å². The third-order valence-electron chi connectivity index (χ3n) is 19.6. The van der Waals surface area contributed by atoms with Crippen molar-refractivity contribution in [1.82, 2.24) is 14.1 Å². The normalized spacial score (nSPS) is 12.3. The van der Waals surface area contributed by atoms with Crippen molar-refractivity contribution in [3.63, 3.8) is 0 Å². The van der Waals surface area contributed by atoms with Gasteiger partial charge in [-0.1, -0.05) is 292 Å². The zero-order valence-corrected chi connectivity index (χ0v) is 59.4. The molecule has 1 aliphatic rings. The van der Waals surface area contributed by atoms with Crippen LogP contribution in [0.25, 0.3) is 106 Å². The Kier molecular flexibility index (Phi) is 15.8. The molecule has 0 N–H and O–H groups in total. The minimum absolute atomic E-state index is 0. The van der Waals surface area contributed by atoms with Crippen LogP contribution in [-0.2, 0) is 37.3 Å². The Morgan fingerprint density at radius 1 is 0.381 bits per heavy atom. The molecule has 0 saturated carbocycles. The summed E-state index contributed by atoms with van der Waals surface area (Å²) in [6.45, 7) is 20.7. The number of aromatic nitrogens is 4. The second kappa shape index (κ2) is 24.4. The summed E-state index contributed by atoms with van der Waals surface area (Å²) in [7, 11) is -3.07. The van der Waals surface area contributed by atoms with Gasteiger partial charge in [0.05, 0.1) is 16.7 Å². The molecule has 0 unspecified atom stereocenters. The van der Waals surface area contributed by atoms with E-state index in [1.54, 1.807) is 0 Å². The molecule has 476 valence electrons. The molecule has 1 aliphatic heterocycles. The molecule has 7 heteroatoms. The van der Waals surface area contributed by atoms with Gasteiger partial charge >= 0.3 is 0 Å². The maximum atomic E-state index is 7.00. The topological polar surface area (TPSA) is 35.9 Å². The summed E-state index contributed by atoms with van der Waals surface area (Å²) in [5.41, 5.74) is 20.3. The van der Waals surface area contributed by atoms with Gasteiger partial charge < -0.3 is 13.9 Å². The van der Waals surface area contributed by atoms with E-state index in [0.29, 0.717) is 11.5 Å². The Morgan fingerprint density at radius 3 is 1.59 bits per heavy atom. The van der Waals surface area contributed by atoms with Crippen LogP contribution in [0.1, 0.15) is 79.0 Å². The monoisotopic (exact) mass is 1450 g/mol. The number of ether oxygens (including phenoxy) is 1. The van der Waals surface area contributed by atoms with E-state index in [4.69, 9.17) is 9.72 Å². The molecule has 5 nitrogen and oxygen atoms in total. The first-order chi connectivity index (χ1) is 46.5. The second-order valence-electron chi connectivity index (χ2n) is 28.8. The third kappa shape index (κ3) is 11.0. The van der Waals surface area contributed by atoms with E-state index in [0.717, 1.165) is 106 Å². The van der Waals surface area contributed by atoms with Gasteiger partial charge in [-0.3, -0.25) is 4.57 Å². The molecule has 0 bridgehead atoms. The number of para-hydroxylation sites is 2. The summed E-state index contributed by atoms with van der Waals surface area (Å²) >= 11 is 0. The van der Waals surface area contributed by atoms with E-state index in [1.807, 2.05) is 18.3 Å². The smallest absolute Gasteiger partial charge is 0.268 e. The average Bonchev–Trinajstić information content (AvgIpc) is 1.60. The molecule has 97 heavy (non-hydrogen) atoms. The molecule has 16 rings (SSSR count). The molecule has 0 fully saturated rings. The van der Waals surface area contributed by atoms with Crippen molar-refractivity contribution < 1.29 is 30.4 Å². The number of fused-ring (bicyclic) bond motifs is 10. The van der Waals surface area contributed by atoms with Crippen LogP contribution in [0, 0.1) is 18.5 Å². The van der Waals surface area contributed by atoms with Crippen molar-refractivity contribution in [3.8, 4) is 84.3 Å². The summed E-state index contributed by atoms with van der Waals surface area (Å²) in [5.74, 6) is 1.95. The standard InChI is InChI=1S/C90H74N4OSi.Pt/c1-88(2,3)63-48-49-91-85(55-63)94-82-43-25-24-40-77(82)78-46-44-68(57-83(78)94)95-67-31-26-30-66(56-67)92-59-93-86-73(62-50-64(89(4,5)6)54-65(51-62)90(7,8)9)41-27-42-79(86)80-58-72(96(69-32-16-11-17-33-69,70-34-18-12-19-35-70)71-36-20-13-21-37-71)45-47-76(80)74-38-22-23-39-75(74)81-52-61(53-84(92)87(81)93)60-28-14-10-15-29-60;/h10-55,58H,1-9H3;/q-2;. The van der Waals surface area contributed by atoms with E-state index in [2.05, 4.69) is 361 Å². The van der Waals surface area contributed by atoms with E-state index >= 15 is 0 Å². The third-order valence-corrected chi connectivity index (χ3v) is 24.4. The molecule has 0 radical (unpaired) electrons. The number of hydrogen-bond acceptors (Lipinski definition) is 2. The molecule has 15 aromatic rings. The van der Waals surface area contributed by atoms with E-state index in [-0.39, 0.29) is 37.3 Å². The van der Waals surface area contributed by atoms with E-state index in [9.17, 15) is 0 Å². The molecule has 4 heterocycles. The number of benzene rings is 12. The number of imidazole rings is 1. The average molecular weight is 1450 g/mol. The number of nitrogens with zero attached hydrogens (tertiary/aromatic N) is 4. The van der Waals surface area contributed by atoms with Crippen LogP contribution < -0.4 is 30.1 Å². The first kappa shape index (κ1) is 62.9. The van der Waals surface area contributed by atoms with Gasteiger partial charge in [0.25, 0.3) is 6.33 Å². The van der Waals surface area contributed by atoms with Crippen LogP contribution >= 0.6 is 0 Å². The van der Waals surface area contributed by atoms with Gasteiger partial charge in [0.2, 0.25) is 0 Å². The van der Waals surface area contributed by atoms with Crippen molar-refractivity contribution in [2.75, 3.05) is 0 Å². The summed E-state index contributed by atoms with van der Waals surface area (Å²) in [5, 5.41) is 7.44. The largest absolute Gasteiger partial charge is 0.510 e. The fourth-order valence-corrected chi connectivity index (χ4v) is 19.4. The maximum Gasteiger partial charge on any atom is 0.268 e. The van der Waals surface area contributed by atoms with Crippen molar-refractivity contribution in [1.29, 1.82) is 0 Å². The first-order valence-electron chi connectivity index (χ1n) is 33.4. The molecular weight excluding hydrogens is 1380 g/mol. The predicted molar refractivity (Wildman–Crippen MR) is 400 cm³/mol. The van der Waals surface area contributed by atoms with Crippen molar-refractivity contribution in [3.05, 3.63) is 320 Å². The van der Waals surface area contributed by atoms with Gasteiger partial charge in [-0.2, -0.15) is 18.2 Å². The quantitative estimate of drug-likeness (QED) is 0.0592. The minimum Gasteiger partial charge on any atom is -0.510 e. The Bertz CT molecular complexity index is 5370. The zero-order chi connectivity index (χ0) is 65.7. The Labute approximate surface area is 585 Å². The first-order valence-corrected chi connectivity index (χ1v) is 35.4. The van der Waals surface area contributed by atoms with E-state index in [1.165, 1.54) is 37.4 Å². The molecule has 0 spiro atoms. The second-order valence-corrected chi connectivity index (χ2v) is 32.6. The van der Waals surface area contributed by atoms with Gasteiger partial charge in [-0.05, 0) is 145 Å². The van der Waals surface area contributed by atoms with E-state index < -0.39 is 8.07 Å². The molecule has 0 saturated heterocycles. The fraction of sp³-hybridized carbons (Fsp3) is 0.133. The summed E-state index contributed by atoms with van der Waals surface area (Å²) < 4.78 is 13.8. The Balaban J connectivity index is 0.00000770. The summed E-state index contributed by atoms with van der Waals surface area (Å²) in [6, 6.07) is 111. The predicted octanol–water partition coefficient (Wildman–Crippen LogP) is 19.5. The Morgan fingerprint density at radius 2 is 0.938 bits per heavy atom. The SMILES string of the molecule is CC(C)(C)c1cc(-c2cccc3c2-[n+]2[c-]n(-c4[c-]c(Oc5[c-]c6c(cc5)c5ccccc5n6-c5cc(C(C)(C)C)ccn5)ccc4)c4cc(-c5ccccc5)cc(c42)-c2ccccc2-c2ccc([Si](c4ccccc4)(c4ccccc4)c4ccccc4)cc2-3)cc(C(C)(C)C)c1.[Pt]. The number of pyridine rings is 1. The Hall–Kier alpha value is -10.2. The molecule has 0 amide bonds. The van der Waals surface area contributed by atoms with Gasteiger partial charge in [0, 0.05) is 44.3 Å². The maximum absolute atomic E-state index is 7.00. The molecule has 12 aromatic carbocycles. The van der Waals surface area contributed by atoms with Crippen LogP contribution in [0.4, 0.5) is 0 Å². The van der Waals surface area contributed by atoms with Crippen LogP contribution in [-0.4, -0.2) is 22.2 Å². The van der Waals surface area contributed by atoms with Crippen LogP contribution in [0.3, 0.4) is 0 Å². The zero-order valence-electron chi connectivity index (χ0n) is 56.1. The molecule has 0 atom stereocenters. The molecule has 0 aliphatic carbocycles. The van der Waals surface area contributed by atoms with Gasteiger partial charge in [-0.25, -0.2) is 4.98 Å². The fourth-order valence-electron chi connectivity index (χ4n) is 14.6. The number of hydrogen-bond donors (Lipinski definition) is 0. The summed E-state index contributed by atoms with van der Waals surface area (Å²) in [4.78, 5) is 4.97. The molecular formula is C90H74N4OPtSi-2. The summed E-state index contributed by atoms with van der Waals surface area (Å²) in [6.07, 6.45) is 6.08. The minimum atomic E-state index is -3.07. The number of rotatable bonds is 10. The van der Waals surface area contributed by atoms with Gasteiger partial charge in [0.15, 0.2) is 8.07 Å². The van der Waals surface area contributed by atoms with Crippen molar-refractivity contribution in [2.24, 2.45) is 0 Å². The molecule has 3 aromatic heterocycles.